The lowest BCUT2D eigenvalue weighted by Gasteiger charge is -2.10. The van der Waals surface area contributed by atoms with Gasteiger partial charge in [-0.1, -0.05) is 85.0 Å². The van der Waals surface area contributed by atoms with Crippen LogP contribution >= 0.6 is 24.4 Å². The van der Waals surface area contributed by atoms with E-state index in [0.29, 0.717) is 29.2 Å². The highest BCUT2D eigenvalue weighted by Crippen LogP contribution is 2.29. The lowest BCUT2D eigenvalue weighted by molar-refractivity contribution is 0.266. The summed E-state index contributed by atoms with van der Waals surface area (Å²) in [7, 11) is 0. The molecule has 0 unspecified atom stereocenters. The largest absolute Gasteiger partial charge is 0.494 e. The van der Waals surface area contributed by atoms with Crippen molar-refractivity contribution >= 4 is 35.2 Å². The number of fused-ring (bicyclic) bond motifs is 1. The monoisotopic (exact) mass is 702 g/mol. The van der Waals surface area contributed by atoms with Gasteiger partial charge < -0.3 is 29.3 Å². The first-order chi connectivity index (χ1) is 24.5. The van der Waals surface area contributed by atoms with Crippen LogP contribution in [0.5, 0.6) is 17.2 Å². The first-order valence-electron chi connectivity index (χ1n) is 17.2. The van der Waals surface area contributed by atoms with E-state index >= 15 is 0 Å². The Hall–Kier alpha value is -4.76. The van der Waals surface area contributed by atoms with Crippen LogP contribution in [0, 0.1) is 9.41 Å². The number of rotatable bonds is 17. The van der Waals surface area contributed by atoms with Crippen molar-refractivity contribution in [3.8, 4) is 50.8 Å². The molecule has 1 heterocycles. The van der Waals surface area contributed by atoms with Gasteiger partial charge in [0.05, 0.1) is 25.5 Å². The third kappa shape index (κ3) is 9.91. The number of unbranched alkanes of at least 4 members (excludes halogenated alkanes) is 4. The highest BCUT2D eigenvalue weighted by Gasteiger charge is 2.05. The topological polar surface area (TPSA) is 79.5 Å². The minimum atomic E-state index is 0.241. The summed E-state index contributed by atoms with van der Waals surface area (Å²) in [5, 5.41) is 11.2. The third-order valence-corrected chi connectivity index (χ3v) is 8.97. The third-order valence-electron chi connectivity index (χ3n) is 8.54. The van der Waals surface area contributed by atoms with Crippen LogP contribution in [-0.2, 0) is 0 Å². The second-order valence-corrected chi connectivity index (χ2v) is 13.1. The number of hydrogen-bond acceptors (Lipinski definition) is 6. The molecule has 0 spiro atoms. The molecule has 0 atom stereocenters. The Morgan fingerprint density at radius 3 is 1.34 bits per heavy atom. The van der Waals surface area contributed by atoms with E-state index in [1.54, 1.807) is 0 Å². The van der Waals surface area contributed by atoms with Gasteiger partial charge in [-0.15, -0.1) is 0 Å². The molecule has 0 aliphatic heterocycles. The van der Waals surface area contributed by atoms with Gasteiger partial charge >= 0.3 is 0 Å². The first-order valence-corrected chi connectivity index (χ1v) is 18.0. The molecule has 5 aromatic carbocycles. The van der Waals surface area contributed by atoms with Crippen LogP contribution in [0.15, 0.2) is 115 Å². The van der Waals surface area contributed by atoms with Crippen molar-refractivity contribution in [3.63, 3.8) is 0 Å². The molecule has 6 rings (SSSR count). The van der Waals surface area contributed by atoms with E-state index in [1.165, 1.54) is 0 Å². The van der Waals surface area contributed by atoms with Crippen molar-refractivity contribution in [2.24, 2.45) is 0 Å². The molecule has 1 aromatic heterocycles. The summed E-state index contributed by atoms with van der Waals surface area (Å²) in [5.41, 5.74) is 6.55. The normalized spacial score (nSPS) is 11.1. The highest BCUT2D eigenvalue weighted by atomic mass is 32.1. The molecule has 0 saturated heterocycles. The molecule has 0 radical (unpaired) electrons. The maximum atomic E-state index is 8.90. The average molecular weight is 703 g/mol. The number of aromatic amines is 2. The standard InChI is InChI=1S/C42H42N2O4S2/c45-23-3-1-4-25-47-38-21-17-36-28-39(22-18-35(36)27-38)48-26-6-2-5-24-46-37-19-15-33(16-20-37)31-9-7-30(8-10-31)32-11-13-34(14-12-32)40-29-41(49)44-42(50)43-40/h7-22,27-29,45H,1-6,23-26H2,(H2,43,44,49,50). The zero-order valence-corrected chi connectivity index (χ0v) is 29.7. The fraction of sp³-hybridized carbons (Fsp3) is 0.238. The van der Waals surface area contributed by atoms with Gasteiger partial charge in [-0.2, -0.15) is 0 Å². The SMILES string of the molecule is OCCCCCOc1ccc2cc(OCCCCCOc3ccc(-c4ccc(-c5ccc(-c6cc(=S)[nH]c(=S)[nH]6)cc5)cc4)cc3)ccc2c1. The molecular weight excluding hydrogens is 661 g/mol. The van der Waals surface area contributed by atoms with E-state index in [0.717, 1.165) is 100 Å². The molecule has 8 heteroatoms. The van der Waals surface area contributed by atoms with Gasteiger partial charge in [-0.3, -0.25) is 0 Å². The molecule has 0 saturated carbocycles. The van der Waals surface area contributed by atoms with Gasteiger partial charge in [0.2, 0.25) is 0 Å². The molecule has 256 valence electrons. The number of benzene rings is 5. The molecule has 0 aliphatic carbocycles. The van der Waals surface area contributed by atoms with Gasteiger partial charge in [0.1, 0.15) is 21.9 Å². The number of ether oxygens (including phenoxy) is 3. The van der Waals surface area contributed by atoms with Crippen LogP contribution in [0.3, 0.4) is 0 Å². The summed E-state index contributed by atoms with van der Waals surface area (Å²) in [4.78, 5) is 6.09. The Bertz CT molecular complexity index is 2060. The molecular formula is C42H42N2O4S2. The van der Waals surface area contributed by atoms with E-state index in [1.807, 2.05) is 30.3 Å². The van der Waals surface area contributed by atoms with E-state index in [9.17, 15) is 0 Å². The zero-order valence-electron chi connectivity index (χ0n) is 28.0. The van der Waals surface area contributed by atoms with Gasteiger partial charge in [0.15, 0.2) is 4.77 Å². The predicted octanol–water partition coefficient (Wildman–Crippen LogP) is 11.1. The van der Waals surface area contributed by atoms with E-state index in [-0.39, 0.29) is 6.61 Å². The van der Waals surface area contributed by atoms with E-state index < -0.39 is 0 Å². The number of aromatic nitrogens is 2. The maximum Gasteiger partial charge on any atom is 0.175 e. The number of aliphatic hydroxyl groups is 1. The van der Waals surface area contributed by atoms with Crippen LogP contribution in [0.25, 0.3) is 44.3 Å². The Balaban J connectivity index is 0.897. The van der Waals surface area contributed by atoms with Crippen molar-refractivity contribution in [1.29, 1.82) is 0 Å². The van der Waals surface area contributed by atoms with Gasteiger partial charge in [0.25, 0.3) is 0 Å². The summed E-state index contributed by atoms with van der Waals surface area (Å²) in [6.45, 7) is 2.27. The molecule has 50 heavy (non-hydrogen) atoms. The van der Waals surface area contributed by atoms with E-state index in [4.69, 9.17) is 43.8 Å². The number of nitrogens with one attached hydrogen (secondary N) is 2. The molecule has 3 N–H and O–H groups in total. The lowest BCUT2D eigenvalue weighted by atomic mass is 9.99. The minimum Gasteiger partial charge on any atom is -0.494 e. The van der Waals surface area contributed by atoms with Crippen LogP contribution in [0.2, 0.25) is 0 Å². The van der Waals surface area contributed by atoms with Crippen LogP contribution < -0.4 is 14.2 Å². The predicted molar refractivity (Wildman–Crippen MR) is 208 cm³/mol. The summed E-state index contributed by atoms with van der Waals surface area (Å²) in [6.07, 6.45) is 5.73. The van der Waals surface area contributed by atoms with Crippen LogP contribution in [0.1, 0.15) is 38.5 Å². The quantitative estimate of drug-likeness (QED) is 0.0649. The van der Waals surface area contributed by atoms with E-state index in [2.05, 4.69) is 94.9 Å². The minimum absolute atomic E-state index is 0.241. The summed E-state index contributed by atoms with van der Waals surface area (Å²) in [5.74, 6) is 2.64. The lowest BCUT2D eigenvalue weighted by Crippen LogP contribution is -2.01. The number of aliphatic hydroxyl groups excluding tert-OH is 1. The fourth-order valence-corrected chi connectivity index (χ4v) is 6.29. The maximum absolute atomic E-state index is 8.90. The molecule has 6 nitrogen and oxygen atoms in total. The Kier molecular flexibility index (Phi) is 12.5. The molecule has 0 aliphatic rings. The second-order valence-electron chi connectivity index (χ2n) is 12.2. The molecule has 0 amide bonds. The number of hydrogen-bond donors (Lipinski definition) is 3. The van der Waals surface area contributed by atoms with Gasteiger partial charge in [0, 0.05) is 6.61 Å². The summed E-state index contributed by atoms with van der Waals surface area (Å²) < 4.78 is 19.0. The van der Waals surface area contributed by atoms with Crippen molar-refractivity contribution in [2.75, 3.05) is 26.4 Å². The van der Waals surface area contributed by atoms with Crippen molar-refractivity contribution < 1.29 is 19.3 Å². The summed E-state index contributed by atoms with van der Waals surface area (Å²) >= 11 is 10.5. The Morgan fingerprint density at radius 1 is 0.440 bits per heavy atom. The van der Waals surface area contributed by atoms with Crippen LogP contribution in [-0.4, -0.2) is 41.5 Å². The number of H-pyrrole nitrogens is 2. The summed E-state index contributed by atoms with van der Waals surface area (Å²) in [6, 6.07) is 39.5. The van der Waals surface area contributed by atoms with Crippen molar-refractivity contribution in [3.05, 3.63) is 125 Å². The zero-order chi connectivity index (χ0) is 34.5. The fourth-order valence-electron chi connectivity index (χ4n) is 5.79. The second kappa shape index (κ2) is 17.8. The first kappa shape index (κ1) is 35.1. The van der Waals surface area contributed by atoms with Crippen molar-refractivity contribution in [2.45, 2.75) is 38.5 Å². The Labute approximate surface area is 303 Å². The highest BCUT2D eigenvalue weighted by molar-refractivity contribution is 7.72. The van der Waals surface area contributed by atoms with Crippen LogP contribution in [0.4, 0.5) is 0 Å². The smallest absolute Gasteiger partial charge is 0.175 e. The molecule has 6 aromatic rings. The van der Waals surface area contributed by atoms with Gasteiger partial charge in [-0.25, -0.2) is 0 Å². The molecule has 0 bridgehead atoms. The van der Waals surface area contributed by atoms with Gasteiger partial charge in [-0.05, 0) is 132 Å². The molecule has 0 fully saturated rings. The Morgan fingerprint density at radius 2 is 0.860 bits per heavy atom. The van der Waals surface area contributed by atoms with Crippen molar-refractivity contribution in [1.82, 2.24) is 9.97 Å². The average Bonchev–Trinajstić information content (AvgIpc) is 3.14.